The first-order valence-corrected chi connectivity index (χ1v) is 10.3. The number of aromatic nitrogens is 1. The molecule has 1 fully saturated rings. The molecule has 0 radical (unpaired) electrons. The lowest BCUT2D eigenvalue weighted by atomic mass is 9.97. The minimum Gasteiger partial charge on any atom is -0.468 e. The summed E-state index contributed by atoms with van der Waals surface area (Å²) in [6.07, 6.45) is 4.62. The van der Waals surface area contributed by atoms with Gasteiger partial charge in [-0.25, -0.2) is 0 Å². The zero-order valence-electron chi connectivity index (χ0n) is 16.9. The number of Topliss-reactive ketones (excluding diaryl/α,β-unsaturated/α-hetero) is 1. The lowest BCUT2D eigenvalue weighted by Gasteiger charge is -2.26. The van der Waals surface area contributed by atoms with Gasteiger partial charge in [-0.1, -0.05) is 54.6 Å². The quantitative estimate of drug-likeness (QED) is 0.666. The van der Waals surface area contributed by atoms with Crippen LogP contribution in [0.25, 0.3) is 16.5 Å². The summed E-state index contributed by atoms with van der Waals surface area (Å²) < 4.78 is 5.13. The number of hydrogen-bond acceptors (Lipinski definition) is 4. The molecule has 2 unspecified atom stereocenters. The summed E-state index contributed by atoms with van der Waals surface area (Å²) in [4.78, 5) is 31.1. The van der Waals surface area contributed by atoms with Gasteiger partial charge in [-0.3, -0.25) is 14.5 Å². The minimum absolute atomic E-state index is 0.0877. The van der Waals surface area contributed by atoms with Crippen molar-refractivity contribution in [1.82, 2.24) is 9.88 Å². The molecular weight excluding hydrogens is 376 g/mol. The normalized spacial score (nSPS) is 22.2. The Bertz CT molecular complexity index is 1130. The number of likely N-dealkylation sites (tertiary alicyclic amines) is 1. The first-order valence-electron chi connectivity index (χ1n) is 10.3. The summed E-state index contributed by atoms with van der Waals surface area (Å²) >= 11 is 0. The van der Waals surface area contributed by atoms with Crippen molar-refractivity contribution in [2.75, 3.05) is 20.2 Å². The molecular formula is C25H24N2O3. The Balaban J connectivity index is 1.39. The molecule has 30 heavy (non-hydrogen) atoms. The maximum atomic E-state index is 13.1. The van der Waals surface area contributed by atoms with Crippen LogP contribution in [0.3, 0.4) is 0 Å². The maximum Gasteiger partial charge on any atom is 0.323 e. The van der Waals surface area contributed by atoms with Gasteiger partial charge in [0.2, 0.25) is 0 Å². The Hall–Kier alpha value is -3.18. The summed E-state index contributed by atoms with van der Waals surface area (Å²) in [6.45, 7) is 1.27. The third kappa shape index (κ3) is 3.15. The van der Waals surface area contributed by atoms with Gasteiger partial charge in [-0.15, -0.1) is 0 Å². The van der Waals surface area contributed by atoms with Crippen molar-refractivity contribution in [2.24, 2.45) is 11.8 Å². The number of nitrogens with zero attached hydrogens (tertiary/aromatic N) is 1. The molecule has 3 atom stereocenters. The number of methoxy groups -OCH3 is 1. The van der Waals surface area contributed by atoms with Crippen LogP contribution in [0.2, 0.25) is 0 Å². The molecule has 3 aromatic rings. The number of allylic oxidation sites excluding steroid dienone is 1. The van der Waals surface area contributed by atoms with Gasteiger partial charge in [-0.2, -0.15) is 0 Å². The van der Waals surface area contributed by atoms with Crippen LogP contribution in [0.15, 0.2) is 66.9 Å². The van der Waals surface area contributed by atoms with Gasteiger partial charge < -0.3 is 9.72 Å². The number of ketones is 1. The third-order valence-electron chi connectivity index (χ3n) is 6.46. The molecule has 0 amide bonds. The number of ether oxygens (including phenoxy) is 1. The van der Waals surface area contributed by atoms with E-state index in [0.717, 1.165) is 27.6 Å². The largest absolute Gasteiger partial charge is 0.468 e. The van der Waals surface area contributed by atoms with Crippen molar-refractivity contribution in [3.05, 3.63) is 78.0 Å². The second-order valence-electron chi connectivity index (χ2n) is 8.14. The number of rotatable bonds is 5. The van der Waals surface area contributed by atoms with Crippen molar-refractivity contribution in [1.29, 1.82) is 0 Å². The summed E-state index contributed by atoms with van der Waals surface area (Å²) in [5, 5.41) is 1.12. The summed E-state index contributed by atoms with van der Waals surface area (Å²) in [6, 6.07) is 17.5. The van der Waals surface area contributed by atoms with Crippen LogP contribution in [0.5, 0.6) is 0 Å². The standard InChI is InChI=1S/C25H24N2O3/c1-30-25(29)23(12-17-13-26-22-10-6-5-9-19(17)22)27-14-18-11-20(24(28)21(18)15-27)16-7-3-2-4-8-16/h2-11,13,18,21,23,26H,12,14-15H2,1H3/t18?,21?,23-/m0/s1. The average molecular weight is 400 g/mol. The van der Waals surface area contributed by atoms with E-state index in [4.69, 9.17) is 4.74 Å². The van der Waals surface area contributed by atoms with Gasteiger partial charge in [0.05, 0.1) is 7.11 Å². The molecule has 1 saturated heterocycles. The third-order valence-corrected chi connectivity index (χ3v) is 6.46. The van der Waals surface area contributed by atoms with Crippen LogP contribution in [-0.2, 0) is 20.7 Å². The van der Waals surface area contributed by atoms with Crippen molar-refractivity contribution >= 4 is 28.2 Å². The molecule has 2 heterocycles. The predicted octanol–water partition coefficient (Wildman–Crippen LogP) is 3.47. The lowest BCUT2D eigenvalue weighted by molar-refractivity contribution is -0.146. The number of fused-ring (bicyclic) bond motifs is 2. The predicted molar refractivity (Wildman–Crippen MR) is 116 cm³/mol. The molecule has 5 heteroatoms. The molecule has 5 nitrogen and oxygen atoms in total. The Morgan fingerprint density at radius 3 is 2.67 bits per heavy atom. The number of nitrogens with one attached hydrogen (secondary N) is 1. The second-order valence-corrected chi connectivity index (χ2v) is 8.14. The second kappa shape index (κ2) is 7.58. The highest BCUT2D eigenvalue weighted by molar-refractivity contribution is 6.24. The molecule has 2 aromatic carbocycles. The molecule has 1 aliphatic carbocycles. The first-order chi connectivity index (χ1) is 14.7. The van der Waals surface area contributed by atoms with Crippen LogP contribution in [0.4, 0.5) is 0 Å². The van der Waals surface area contributed by atoms with Crippen LogP contribution < -0.4 is 0 Å². The van der Waals surface area contributed by atoms with E-state index in [1.165, 1.54) is 7.11 Å². The van der Waals surface area contributed by atoms with E-state index in [1.807, 2.05) is 54.7 Å². The number of carbonyl (C=O) groups excluding carboxylic acids is 2. The molecule has 152 valence electrons. The Morgan fingerprint density at radius 1 is 1.13 bits per heavy atom. The molecule has 1 aliphatic heterocycles. The Labute approximate surface area is 175 Å². The number of aromatic amines is 1. The highest BCUT2D eigenvalue weighted by Gasteiger charge is 2.45. The van der Waals surface area contributed by atoms with Crippen LogP contribution in [0.1, 0.15) is 11.1 Å². The summed E-state index contributed by atoms with van der Waals surface area (Å²) in [5.74, 6) is -0.0115. The summed E-state index contributed by atoms with van der Waals surface area (Å²) in [5.41, 5.74) is 3.94. The molecule has 1 N–H and O–H groups in total. The van der Waals surface area contributed by atoms with E-state index < -0.39 is 6.04 Å². The fraction of sp³-hybridized carbons (Fsp3) is 0.280. The van der Waals surface area contributed by atoms with E-state index in [2.05, 4.69) is 22.0 Å². The number of carbonyl (C=O) groups is 2. The fourth-order valence-electron chi connectivity index (χ4n) is 4.92. The SMILES string of the molecule is COC(=O)[C@H](Cc1c[nH]c2ccccc12)N1CC2C=C(c3ccccc3)C(=O)C2C1. The monoisotopic (exact) mass is 400 g/mol. The van der Waals surface area contributed by atoms with Gasteiger partial charge in [0, 0.05) is 54.0 Å². The van der Waals surface area contributed by atoms with Gasteiger partial charge in [0.15, 0.2) is 5.78 Å². The number of H-pyrrole nitrogens is 1. The highest BCUT2D eigenvalue weighted by atomic mass is 16.5. The molecule has 5 rings (SSSR count). The van der Waals surface area contributed by atoms with Gasteiger partial charge in [-0.05, 0) is 17.2 Å². The van der Waals surface area contributed by atoms with Gasteiger partial charge in [0.25, 0.3) is 0 Å². The van der Waals surface area contributed by atoms with E-state index in [-0.39, 0.29) is 23.6 Å². The van der Waals surface area contributed by atoms with E-state index >= 15 is 0 Å². The van der Waals surface area contributed by atoms with Gasteiger partial charge in [0.1, 0.15) is 6.04 Å². The number of hydrogen-bond donors (Lipinski definition) is 1. The zero-order valence-corrected chi connectivity index (χ0v) is 16.9. The van der Waals surface area contributed by atoms with Crippen LogP contribution in [-0.4, -0.2) is 47.9 Å². The summed E-state index contributed by atoms with van der Waals surface area (Å²) in [7, 11) is 1.43. The molecule has 0 bridgehead atoms. The topological polar surface area (TPSA) is 62.4 Å². The number of benzene rings is 2. The van der Waals surface area contributed by atoms with Crippen molar-refractivity contribution in [3.8, 4) is 0 Å². The molecule has 1 aromatic heterocycles. The van der Waals surface area contributed by atoms with Crippen LogP contribution in [0, 0.1) is 11.8 Å². The number of para-hydroxylation sites is 1. The van der Waals surface area contributed by atoms with Gasteiger partial charge >= 0.3 is 5.97 Å². The van der Waals surface area contributed by atoms with Crippen molar-refractivity contribution in [3.63, 3.8) is 0 Å². The van der Waals surface area contributed by atoms with E-state index in [0.29, 0.717) is 19.5 Å². The Kier molecular flexibility index (Phi) is 4.75. The fourth-order valence-corrected chi connectivity index (χ4v) is 4.92. The lowest BCUT2D eigenvalue weighted by Crippen LogP contribution is -2.42. The molecule has 2 aliphatic rings. The van der Waals surface area contributed by atoms with E-state index in [1.54, 1.807) is 0 Å². The minimum atomic E-state index is -0.402. The van der Waals surface area contributed by atoms with Crippen molar-refractivity contribution in [2.45, 2.75) is 12.5 Å². The molecule has 0 saturated carbocycles. The Morgan fingerprint density at radius 2 is 1.90 bits per heavy atom. The van der Waals surface area contributed by atoms with Crippen LogP contribution >= 0.6 is 0 Å². The van der Waals surface area contributed by atoms with E-state index in [9.17, 15) is 9.59 Å². The molecule has 0 spiro atoms. The van der Waals surface area contributed by atoms with Crippen molar-refractivity contribution < 1.29 is 14.3 Å². The zero-order chi connectivity index (χ0) is 20.7. The maximum absolute atomic E-state index is 13.1. The number of esters is 1. The highest BCUT2D eigenvalue weighted by Crippen LogP contribution is 2.39. The smallest absolute Gasteiger partial charge is 0.323 e. The average Bonchev–Trinajstić information content (AvgIpc) is 3.46. The first kappa shape index (κ1) is 18.8.